The normalized spacial score (nSPS) is 18.0. The summed E-state index contributed by atoms with van der Waals surface area (Å²) in [6.07, 6.45) is 0.849. The maximum Gasteiger partial charge on any atom is 0.0746 e. The van der Waals surface area contributed by atoms with Crippen molar-refractivity contribution in [3.8, 4) is 0 Å². The molecule has 2 nitrogen and oxygen atoms in total. The van der Waals surface area contributed by atoms with Crippen molar-refractivity contribution in [2.45, 2.75) is 12.5 Å². The fourth-order valence-electron chi connectivity index (χ4n) is 2.18. The summed E-state index contributed by atoms with van der Waals surface area (Å²) in [5.41, 5.74) is 6.45. The molecule has 1 aliphatic heterocycles. The summed E-state index contributed by atoms with van der Waals surface area (Å²) in [6.45, 7) is 0. The van der Waals surface area contributed by atoms with Gasteiger partial charge >= 0.3 is 0 Å². The van der Waals surface area contributed by atoms with Gasteiger partial charge in [-0.2, -0.15) is 5.10 Å². The van der Waals surface area contributed by atoms with E-state index in [2.05, 4.69) is 16.6 Å². The van der Waals surface area contributed by atoms with E-state index in [1.807, 2.05) is 42.5 Å². The molecular weight excluding hydrogens is 279 g/mol. The van der Waals surface area contributed by atoms with Crippen LogP contribution < -0.4 is 5.43 Å². The van der Waals surface area contributed by atoms with Gasteiger partial charge in [0.05, 0.1) is 11.8 Å². The van der Waals surface area contributed by atoms with Gasteiger partial charge in [0.15, 0.2) is 0 Å². The van der Waals surface area contributed by atoms with Gasteiger partial charge in [0.1, 0.15) is 0 Å². The topological polar surface area (TPSA) is 24.4 Å². The molecule has 1 N–H and O–H groups in total. The summed E-state index contributed by atoms with van der Waals surface area (Å²) in [4.78, 5) is 0. The van der Waals surface area contributed by atoms with Crippen molar-refractivity contribution in [3.63, 3.8) is 0 Å². The monoisotopic (exact) mass is 290 g/mol. The number of hydrogen-bond donors (Lipinski definition) is 1. The lowest BCUT2D eigenvalue weighted by Crippen LogP contribution is -2.09. The summed E-state index contributed by atoms with van der Waals surface area (Å²) in [6, 6.07) is 15.8. The van der Waals surface area contributed by atoms with Crippen LogP contribution in [0.5, 0.6) is 0 Å². The lowest BCUT2D eigenvalue weighted by Gasteiger charge is -2.10. The molecule has 0 spiro atoms. The molecule has 0 fully saturated rings. The highest BCUT2D eigenvalue weighted by Gasteiger charge is 2.21. The van der Waals surface area contributed by atoms with Gasteiger partial charge in [0, 0.05) is 16.5 Å². The molecule has 0 aliphatic carbocycles. The maximum absolute atomic E-state index is 6.01. The van der Waals surface area contributed by atoms with Crippen LogP contribution in [-0.4, -0.2) is 5.71 Å². The summed E-state index contributed by atoms with van der Waals surface area (Å²) in [5, 5.41) is 5.89. The Morgan fingerprint density at radius 2 is 1.79 bits per heavy atom. The predicted octanol–water partition coefficient (Wildman–Crippen LogP) is 4.43. The molecule has 1 heterocycles. The molecule has 1 unspecified atom stereocenters. The first kappa shape index (κ1) is 12.5. The van der Waals surface area contributed by atoms with Crippen LogP contribution in [-0.2, 0) is 0 Å². The molecule has 4 heteroatoms. The van der Waals surface area contributed by atoms with E-state index in [-0.39, 0.29) is 6.04 Å². The van der Waals surface area contributed by atoms with Crippen molar-refractivity contribution in [2.75, 3.05) is 0 Å². The zero-order valence-corrected chi connectivity index (χ0v) is 11.6. The highest BCUT2D eigenvalue weighted by atomic mass is 35.5. The number of hydrazone groups is 1. The first-order chi connectivity index (χ1) is 9.22. The van der Waals surface area contributed by atoms with Crippen molar-refractivity contribution in [1.29, 1.82) is 0 Å². The van der Waals surface area contributed by atoms with E-state index in [1.165, 1.54) is 0 Å². The summed E-state index contributed by atoms with van der Waals surface area (Å²) < 4.78 is 0. The van der Waals surface area contributed by atoms with Gasteiger partial charge in [-0.25, -0.2) is 0 Å². The van der Waals surface area contributed by atoms with E-state index in [9.17, 15) is 0 Å². The highest BCUT2D eigenvalue weighted by Crippen LogP contribution is 2.26. The third-order valence-corrected chi connectivity index (χ3v) is 3.67. The molecule has 0 saturated heterocycles. The van der Waals surface area contributed by atoms with Crippen LogP contribution in [0, 0.1) is 0 Å². The van der Waals surface area contributed by atoms with Crippen LogP contribution in [0.15, 0.2) is 53.6 Å². The number of nitrogens with zero attached hydrogens (tertiary/aromatic N) is 1. The lowest BCUT2D eigenvalue weighted by atomic mass is 9.99. The fourth-order valence-corrected chi connectivity index (χ4v) is 2.51. The number of nitrogens with one attached hydrogen (secondary N) is 1. The molecule has 3 rings (SSSR count). The van der Waals surface area contributed by atoms with E-state index in [0.717, 1.165) is 33.3 Å². The van der Waals surface area contributed by atoms with Crippen LogP contribution in [0.3, 0.4) is 0 Å². The molecule has 0 saturated carbocycles. The Bertz CT molecular complexity index is 620. The Morgan fingerprint density at radius 3 is 2.53 bits per heavy atom. The smallest absolute Gasteiger partial charge is 0.0746 e. The number of rotatable bonds is 2. The van der Waals surface area contributed by atoms with E-state index >= 15 is 0 Å². The molecule has 2 aromatic carbocycles. The van der Waals surface area contributed by atoms with Crippen molar-refractivity contribution in [3.05, 3.63) is 69.7 Å². The van der Waals surface area contributed by atoms with Crippen LogP contribution in [0.25, 0.3) is 0 Å². The Balaban J connectivity index is 1.78. The average Bonchev–Trinajstić information content (AvgIpc) is 2.89. The summed E-state index contributed by atoms with van der Waals surface area (Å²) in [7, 11) is 0. The second-order valence-electron chi connectivity index (χ2n) is 4.51. The molecule has 0 aromatic heterocycles. The molecule has 19 heavy (non-hydrogen) atoms. The van der Waals surface area contributed by atoms with Crippen molar-refractivity contribution < 1.29 is 0 Å². The third kappa shape index (κ3) is 2.75. The minimum atomic E-state index is 0.185. The van der Waals surface area contributed by atoms with Gasteiger partial charge < -0.3 is 5.43 Å². The summed E-state index contributed by atoms with van der Waals surface area (Å²) in [5.74, 6) is 0. The molecule has 1 aliphatic rings. The SMILES string of the molecule is Clc1ccc(C2=NNC(c3cccc(Cl)c3)C2)cc1. The Labute approximate surface area is 122 Å². The molecule has 1 atom stereocenters. The number of hydrogen-bond acceptors (Lipinski definition) is 2. The Morgan fingerprint density at radius 1 is 1.00 bits per heavy atom. The first-order valence-electron chi connectivity index (χ1n) is 6.06. The molecule has 96 valence electrons. The second-order valence-corrected chi connectivity index (χ2v) is 5.38. The minimum absolute atomic E-state index is 0.185. The highest BCUT2D eigenvalue weighted by molar-refractivity contribution is 6.31. The molecule has 2 aromatic rings. The van der Waals surface area contributed by atoms with Gasteiger partial charge in [-0.15, -0.1) is 0 Å². The first-order valence-corrected chi connectivity index (χ1v) is 6.81. The number of halogens is 2. The largest absolute Gasteiger partial charge is 0.302 e. The standard InChI is InChI=1S/C15H12Cl2N2/c16-12-6-4-10(5-7-12)14-9-15(19-18-14)11-2-1-3-13(17)8-11/h1-8,15,19H,9H2. The van der Waals surface area contributed by atoms with Crippen LogP contribution in [0.2, 0.25) is 10.0 Å². The van der Waals surface area contributed by atoms with Gasteiger partial charge in [-0.05, 0) is 35.4 Å². The Kier molecular flexibility index (Phi) is 3.45. The molecule has 0 radical (unpaired) electrons. The van der Waals surface area contributed by atoms with Gasteiger partial charge in [-0.1, -0.05) is 47.5 Å². The van der Waals surface area contributed by atoms with Crippen LogP contribution in [0.1, 0.15) is 23.6 Å². The van der Waals surface area contributed by atoms with Gasteiger partial charge in [0.2, 0.25) is 0 Å². The Hall–Kier alpha value is -1.51. The molecule has 0 amide bonds. The van der Waals surface area contributed by atoms with Gasteiger partial charge in [-0.3, -0.25) is 0 Å². The van der Waals surface area contributed by atoms with Crippen molar-refractivity contribution >= 4 is 28.9 Å². The molecule has 0 bridgehead atoms. The fraction of sp³-hybridized carbons (Fsp3) is 0.133. The van der Waals surface area contributed by atoms with Crippen molar-refractivity contribution in [1.82, 2.24) is 5.43 Å². The average molecular weight is 291 g/mol. The van der Waals surface area contributed by atoms with Gasteiger partial charge in [0.25, 0.3) is 0 Å². The van der Waals surface area contributed by atoms with Crippen LogP contribution >= 0.6 is 23.2 Å². The maximum atomic E-state index is 6.01. The van der Waals surface area contributed by atoms with E-state index < -0.39 is 0 Å². The molecular formula is C15H12Cl2N2. The quantitative estimate of drug-likeness (QED) is 0.869. The predicted molar refractivity (Wildman–Crippen MR) is 79.9 cm³/mol. The lowest BCUT2D eigenvalue weighted by molar-refractivity contribution is 0.620. The van der Waals surface area contributed by atoms with E-state index in [0.29, 0.717) is 0 Å². The van der Waals surface area contributed by atoms with Crippen LogP contribution in [0.4, 0.5) is 0 Å². The zero-order chi connectivity index (χ0) is 13.2. The number of benzene rings is 2. The van der Waals surface area contributed by atoms with E-state index in [1.54, 1.807) is 0 Å². The second kappa shape index (κ2) is 5.24. The minimum Gasteiger partial charge on any atom is -0.302 e. The summed E-state index contributed by atoms with van der Waals surface area (Å²) >= 11 is 11.9. The zero-order valence-electron chi connectivity index (χ0n) is 10.1. The van der Waals surface area contributed by atoms with Crippen molar-refractivity contribution in [2.24, 2.45) is 5.10 Å². The third-order valence-electron chi connectivity index (χ3n) is 3.18. The van der Waals surface area contributed by atoms with E-state index in [4.69, 9.17) is 23.2 Å².